The van der Waals surface area contributed by atoms with Crippen molar-refractivity contribution in [3.8, 4) is 17.2 Å². The molecule has 1 saturated heterocycles. The van der Waals surface area contributed by atoms with Crippen LogP contribution in [0.2, 0.25) is 5.02 Å². The van der Waals surface area contributed by atoms with Crippen LogP contribution in [0, 0.1) is 12.8 Å². The number of nitrogens with zero attached hydrogens (tertiary/aromatic N) is 4. The second-order valence-corrected chi connectivity index (χ2v) is 11.0. The number of rotatable bonds is 9. The molecule has 1 amide bonds. The number of aromatic nitrogens is 3. The molecule has 1 fully saturated rings. The van der Waals surface area contributed by atoms with Gasteiger partial charge in [-0.2, -0.15) is 0 Å². The van der Waals surface area contributed by atoms with E-state index in [1.165, 1.54) is 0 Å². The maximum Gasteiger partial charge on any atom is 0.306 e. The SMILES string of the molecule is CCOC(=O)CC1CCN(C(=O)CC[C@@H]2O[C@@H](c3cccc(OC)c3OC)c3cc(Cl)ccc3-n3c(C)nnc32)CC1. The van der Waals surface area contributed by atoms with E-state index < -0.39 is 12.2 Å². The summed E-state index contributed by atoms with van der Waals surface area (Å²) >= 11 is 6.51. The monoisotopic (exact) mass is 596 g/mol. The van der Waals surface area contributed by atoms with Gasteiger partial charge in [0.2, 0.25) is 5.91 Å². The smallest absolute Gasteiger partial charge is 0.306 e. The molecule has 5 rings (SSSR count). The molecule has 2 aliphatic rings. The lowest BCUT2D eigenvalue weighted by atomic mass is 9.93. The fourth-order valence-electron chi connectivity index (χ4n) is 5.93. The molecule has 3 aromatic rings. The van der Waals surface area contributed by atoms with Gasteiger partial charge in [-0.25, -0.2) is 0 Å². The number of carbonyl (C=O) groups excluding carboxylic acids is 2. The van der Waals surface area contributed by atoms with Crippen LogP contribution in [0.15, 0.2) is 36.4 Å². The van der Waals surface area contributed by atoms with Gasteiger partial charge in [0.05, 0.1) is 26.5 Å². The van der Waals surface area contributed by atoms with E-state index in [4.69, 9.17) is 30.5 Å². The normalized spacial score (nSPS) is 18.5. The third kappa shape index (κ3) is 6.10. The highest BCUT2D eigenvalue weighted by atomic mass is 35.5. The minimum atomic E-state index is -0.580. The van der Waals surface area contributed by atoms with E-state index in [0.717, 1.165) is 29.7 Å². The van der Waals surface area contributed by atoms with Crippen LogP contribution < -0.4 is 9.47 Å². The van der Waals surface area contributed by atoms with Crippen LogP contribution in [0.3, 0.4) is 0 Å². The predicted octanol–water partition coefficient (Wildman–Crippen LogP) is 5.38. The number of amides is 1. The van der Waals surface area contributed by atoms with Gasteiger partial charge < -0.3 is 23.8 Å². The highest BCUT2D eigenvalue weighted by Crippen LogP contribution is 2.46. The summed E-state index contributed by atoms with van der Waals surface area (Å²) in [4.78, 5) is 27.1. The van der Waals surface area contributed by atoms with Gasteiger partial charge >= 0.3 is 5.97 Å². The Balaban J connectivity index is 1.40. The van der Waals surface area contributed by atoms with Crippen LogP contribution in [0.5, 0.6) is 11.5 Å². The zero-order valence-corrected chi connectivity index (χ0v) is 25.2. The molecule has 2 aliphatic heterocycles. The molecule has 0 aliphatic carbocycles. The van der Waals surface area contributed by atoms with E-state index in [0.29, 0.717) is 60.7 Å². The van der Waals surface area contributed by atoms with Gasteiger partial charge in [0.15, 0.2) is 17.3 Å². The van der Waals surface area contributed by atoms with E-state index >= 15 is 0 Å². The minimum absolute atomic E-state index is 0.0521. The average Bonchev–Trinajstić information content (AvgIpc) is 3.31. The van der Waals surface area contributed by atoms with Crippen molar-refractivity contribution in [3.05, 3.63) is 64.2 Å². The standard InChI is InChI=1S/C31H37ClN4O6/c1-5-41-28(38)17-20-13-15-35(16-14-20)27(37)12-11-26-31-34-33-19(2)36(31)24-10-9-21(32)18-23(24)29(42-26)22-7-6-8-25(39-3)30(22)40-4/h6-10,18,20,26,29H,5,11-17H2,1-4H3/t26-,29-/m0/s1. The van der Waals surface area contributed by atoms with Crippen LogP contribution in [-0.2, 0) is 19.1 Å². The summed E-state index contributed by atoms with van der Waals surface area (Å²) in [6.07, 6.45) is 1.53. The Morgan fingerprint density at radius 2 is 1.86 bits per heavy atom. The molecular weight excluding hydrogens is 560 g/mol. The van der Waals surface area contributed by atoms with Gasteiger partial charge in [-0.1, -0.05) is 23.7 Å². The third-order valence-electron chi connectivity index (χ3n) is 8.02. The van der Waals surface area contributed by atoms with Gasteiger partial charge in [0.1, 0.15) is 18.0 Å². The highest BCUT2D eigenvalue weighted by molar-refractivity contribution is 6.30. The summed E-state index contributed by atoms with van der Waals surface area (Å²) in [5.74, 6) is 2.60. The topological polar surface area (TPSA) is 105 Å². The largest absolute Gasteiger partial charge is 0.493 e. The number of carbonyl (C=O) groups is 2. The highest BCUT2D eigenvalue weighted by Gasteiger charge is 2.36. The van der Waals surface area contributed by atoms with Crippen LogP contribution in [0.25, 0.3) is 5.69 Å². The minimum Gasteiger partial charge on any atom is -0.493 e. The first-order valence-electron chi connectivity index (χ1n) is 14.4. The molecule has 0 radical (unpaired) electrons. The number of likely N-dealkylation sites (tertiary alicyclic amines) is 1. The third-order valence-corrected chi connectivity index (χ3v) is 8.25. The van der Waals surface area contributed by atoms with Gasteiger partial charge in [0, 0.05) is 42.1 Å². The number of aryl methyl sites for hydroxylation is 1. The zero-order valence-electron chi connectivity index (χ0n) is 24.5. The van der Waals surface area contributed by atoms with Gasteiger partial charge in [-0.15, -0.1) is 10.2 Å². The van der Waals surface area contributed by atoms with Crippen molar-refractivity contribution in [2.24, 2.45) is 5.92 Å². The molecule has 3 heterocycles. The van der Waals surface area contributed by atoms with Crippen molar-refractivity contribution in [1.29, 1.82) is 0 Å². The molecule has 0 bridgehead atoms. The molecule has 11 heteroatoms. The molecule has 0 N–H and O–H groups in total. The van der Waals surface area contributed by atoms with Crippen molar-refractivity contribution in [2.45, 2.75) is 58.2 Å². The summed E-state index contributed by atoms with van der Waals surface area (Å²) < 4.78 is 25.3. The number of piperidine rings is 1. The molecule has 42 heavy (non-hydrogen) atoms. The Kier molecular flexibility index (Phi) is 9.33. The number of esters is 1. The lowest BCUT2D eigenvalue weighted by molar-refractivity contribution is -0.144. The quantitative estimate of drug-likeness (QED) is 0.303. The Hall–Kier alpha value is -3.63. The van der Waals surface area contributed by atoms with Crippen LogP contribution in [0.4, 0.5) is 0 Å². The number of ether oxygens (including phenoxy) is 4. The second kappa shape index (κ2) is 13.1. The Labute approximate surface area is 250 Å². The molecule has 0 saturated carbocycles. The molecule has 1 aromatic heterocycles. The summed E-state index contributed by atoms with van der Waals surface area (Å²) in [5.41, 5.74) is 2.46. The molecular formula is C31H37ClN4O6. The van der Waals surface area contributed by atoms with Gasteiger partial charge in [-0.05, 0) is 63.3 Å². The van der Waals surface area contributed by atoms with Crippen LogP contribution >= 0.6 is 11.6 Å². The molecule has 10 nitrogen and oxygen atoms in total. The van der Waals surface area contributed by atoms with Gasteiger partial charge in [0.25, 0.3) is 0 Å². The average molecular weight is 597 g/mol. The van der Waals surface area contributed by atoms with E-state index in [1.54, 1.807) is 14.2 Å². The molecule has 2 atom stereocenters. The number of halogens is 1. The number of benzene rings is 2. The molecule has 0 unspecified atom stereocenters. The molecule has 2 aromatic carbocycles. The van der Waals surface area contributed by atoms with E-state index in [2.05, 4.69) is 10.2 Å². The predicted molar refractivity (Wildman–Crippen MR) is 156 cm³/mol. The van der Waals surface area contributed by atoms with Crippen molar-refractivity contribution < 1.29 is 28.5 Å². The lowest BCUT2D eigenvalue weighted by Gasteiger charge is -2.32. The van der Waals surface area contributed by atoms with E-state index in [9.17, 15) is 9.59 Å². The van der Waals surface area contributed by atoms with Crippen molar-refractivity contribution in [2.75, 3.05) is 33.9 Å². The fourth-order valence-corrected chi connectivity index (χ4v) is 6.11. The summed E-state index contributed by atoms with van der Waals surface area (Å²) in [6.45, 7) is 5.33. The lowest BCUT2D eigenvalue weighted by Crippen LogP contribution is -2.39. The second-order valence-electron chi connectivity index (χ2n) is 10.6. The van der Waals surface area contributed by atoms with Crippen molar-refractivity contribution in [3.63, 3.8) is 0 Å². The summed E-state index contributed by atoms with van der Waals surface area (Å²) in [7, 11) is 3.20. The fraction of sp³-hybridized carbons (Fsp3) is 0.484. The first-order chi connectivity index (χ1) is 20.3. The van der Waals surface area contributed by atoms with Crippen molar-refractivity contribution in [1.82, 2.24) is 19.7 Å². The first-order valence-corrected chi connectivity index (χ1v) is 14.7. The number of methoxy groups -OCH3 is 2. The Morgan fingerprint density at radius 1 is 1.07 bits per heavy atom. The van der Waals surface area contributed by atoms with Gasteiger partial charge in [-0.3, -0.25) is 14.2 Å². The Morgan fingerprint density at radius 3 is 2.57 bits per heavy atom. The van der Waals surface area contributed by atoms with E-state index in [-0.39, 0.29) is 24.2 Å². The summed E-state index contributed by atoms with van der Waals surface area (Å²) in [5, 5.41) is 9.42. The number of para-hydroxylation sites is 1. The van der Waals surface area contributed by atoms with E-state index in [1.807, 2.05) is 59.7 Å². The maximum absolute atomic E-state index is 13.4. The van der Waals surface area contributed by atoms with Crippen LogP contribution in [-0.4, -0.2) is 65.5 Å². The number of fused-ring (bicyclic) bond motifs is 3. The maximum atomic E-state index is 13.4. The zero-order chi connectivity index (χ0) is 29.8. The molecule has 0 spiro atoms. The van der Waals surface area contributed by atoms with Crippen molar-refractivity contribution >= 4 is 23.5 Å². The number of hydrogen-bond donors (Lipinski definition) is 0. The molecule has 224 valence electrons. The number of hydrogen-bond acceptors (Lipinski definition) is 8. The first kappa shape index (κ1) is 29.8. The Bertz CT molecular complexity index is 1430. The summed E-state index contributed by atoms with van der Waals surface area (Å²) in [6, 6.07) is 11.3. The van der Waals surface area contributed by atoms with Crippen LogP contribution in [0.1, 0.15) is 74.0 Å².